The van der Waals surface area contributed by atoms with E-state index in [9.17, 15) is 9.90 Å². The number of hydrogen-bond acceptors (Lipinski definition) is 3. The van der Waals surface area contributed by atoms with Crippen LogP contribution in [0.25, 0.3) is 10.8 Å². The first-order valence-corrected chi connectivity index (χ1v) is 10.5. The molecule has 1 atom stereocenters. The van der Waals surface area contributed by atoms with Crippen LogP contribution in [0.5, 0.6) is 11.5 Å². The molecule has 0 saturated heterocycles. The first kappa shape index (κ1) is 21.7. The number of phenolic OH excluding ortho intramolecular Hbond substituents is 1. The van der Waals surface area contributed by atoms with E-state index in [4.69, 9.17) is 4.74 Å². The monoisotopic (exact) mass is 405 g/mol. The van der Waals surface area contributed by atoms with Crippen molar-refractivity contribution < 1.29 is 14.6 Å². The molecule has 0 radical (unpaired) electrons. The quantitative estimate of drug-likeness (QED) is 0.469. The van der Waals surface area contributed by atoms with E-state index in [0.717, 1.165) is 29.5 Å². The number of nitrogens with one attached hydrogen (secondary N) is 1. The Hall–Kier alpha value is -3.01. The molecule has 0 fully saturated rings. The van der Waals surface area contributed by atoms with Gasteiger partial charge in [0.15, 0.2) is 6.23 Å². The molecule has 158 valence electrons. The summed E-state index contributed by atoms with van der Waals surface area (Å²) >= 11 is 0. The SMILES string of the molecule is CCCC(NC(=O)c1ccc2ccccc2c1O)Oc1ccccc1CC(C)(C)C. The first-order valence-electron chi connectivity index (χ1n) is 10.5. The minimum atomic E-state index is -0.477. The number of ether oxygens (including phenoxy) is 1. The third kappa shape index (κ3) is 5.32. The number of carbonyl (C=O) groups excluding carboxylic acids is 1. The van der Waals surface area contributed by atoms with Crippen molar-refractivity contribution in [3.8, 4) is 11.5 Å². The van der Waals surface area contributed by atoms with Gasteiger partial charge in [-0.1, -0.05) is 82.6 Å². The fraction of sp³-hybridized carbons (Fsp3) is 0.346. The summed E-state index contributed by atoms with van der Waals surface area (Å²) < 4.78 is 6.24. The Balaban J connectivity index is 1.82. The first-order chi connectivity index (χ1) is 14.3. The fourth-order valence-electron chi connectivity index (χ4n) is 3.57. The lowest BCUT2D eigenvalue weighted by Gasteiger charge is -2.24. The molecule has 2 N–H and O–H groups in total. The summed E-state index contributed by atoms with van der Waals surface area (Å²) in [6.07, 6.45) is 1.93. The maximum atomic E-state index is 12.9. The van der Waals surface area contributed by atoms with Gasteiger partial charge in [0, 0.05) is 11.8 Å². The van der Waals surface area contributed by atoms with Crippen LogP contribution in [0, 0.1) is 5.41 Å². The van der Waals surface area contributed by atoms with Gasteiger partial charge in [0.1, 0.15) is 11.5 Å². The molecule has 4 nitrogen and oxygen atoms in total. The number of fused-ring (bicyclic) bond motifs is 1. The molecular weight excluding hydrogens is 374 g/mol. The molecule has 1 unspecified atom stereocenters. The van der Waals surface area contributed by atoms with E-state index in [2.05, 4.69) is 39.1 Å². The maximum Gasteiger partial charge on any atom is 0.257 e. The van der Waals surface area contributed by atoms with Crippen molar-refractivity contribution >= 4 is 16.7 Å². The molecular formula is C26H31NO3. The Morgan fingerprint density at radius 2 is 1.73 bits per heavy atom. The third-order valence-electron chi connectivity index (χ3n) is 4.95. The molecule has 30 heavy (non-hydrogen) atoms. The number of benzene rings is 3. The summed E-state index contributed by atoms with van der Waals surface area (Å²) in [5.74, 6) is 0.438. The Kier molecular flexibility index (Phi) is 6.66. The summed E-state index contributed by atoms with van der Waals surface area (Å²) in [7, 11) is 0. The molecule has 1 amide bonds. The number of carbonyl (C=O) groups is 1. The highest BCUT2D eigenvalue weighted by Gasteiger charge is 2.21. The minimum absolute atomic E-state index is 0.00557. The highest BCUT2D eigenvalue weighted by Crippen LogP contribution is 2.30. The van der Waals surface area contributed by atoms with Crippen molar-refractivity contribution in [2.45, 2.75) is 53.2 Å². The molecule has 0 saturated carbocycles. The number of amides is 1. The van der Waals surface area contributed by atoms with Gasteiger partial charge in [0.2, 0.25) is 0 Å². The number of rotatable bonds is 7. The van der Waals surface area contributed by atoms with E-state index in [1.807, 2.05) is 48.5 Å². The normalized spacial score (nSPS) is 12.5. The van der Waals surface area contributed by atoms with E-state index in [-0.39, 0.29) is 22.6 Å². The van der Waals surface area contributed by atoms with Crippen molar-refractivity contribution in [2.75, 3.05) is 0 Å². The molecule has 0 aliphatic rings. The van der Waals surface area contributed by atoms with Gasteiger partial charge < -0.3 is 15.2 Å². The predicted molar refractivity (Wildman–Crippen MR) is 122 cm³/mol. The lowest BCUT2D eigenvalue weighted by molar-refractivity contribution is 0.0808. The Morgan fingerprint density at radius 3 is 2.47 bits per heavy atom. The largest absolute Gasteiger partial charge is 0.506 e. The highest BCUT2D eigenvalue weighted by atomic mass is 16.5. The zero-order valence-electron chi connectivity index (χ0n) is 18.2. The standard InChI is InChI=1S/C26H31NO3/c1-5-10-23(30-22-14-9-7-12-19(22)17-26(2,3)4)27-25(29)21-16-15-18-11-6-8-13-20(18)24(21)28/h6-9,11-16,23,28H,5,10,17H2,1-4H3,(H,27,29). The van der Waals surface area contributed by atoms with Gasteiger partial charge >= 0.3 is 0 Å². The lowest BCUT2D eigenvalue weighted by atomic mass is 9.88. The van der Waals surface area contributed by atoms with Crippen LogP contribution in [0.4, 0.5) is 0 Å². The average molecular weight is 406 g/mol. The van der Waals surface area contributed by atoms with Crippen molar-refractivity contribution in [1.29, 1.82) is 0 Å². The van der Waals surface area contributed by atoms with E-state index in [1.165, 1.54) is 0 Å². The van der Waals surface area contributed by atoms with Crippen LogP contribution in [-0.2, 0) is 6.42 Å². The molecule has 0 bridgehead atoms. The second kappa shape index (κ2) is 9.21. The number of hydrogen-bond donors (Lipinski definition) is 2. The van der Waals surface area contributed by atoms with Crippen LogP contribution < -0.4 is 10.1 Å². The van der Waals surface area contributed by atoms with Crippen molar-refractivity contribution in [3.63, 3.8) is 0 Å². The molecule has 3 aromatic rings. The summed E-state index contributed by atoms with van der Waals surface area (Å²) in [6.45, 7) is 8.63. The van der Waals surface area contributed by atoms with Crippen LogP contribution >= 0.6 is 0 Å². The molecule has 3 rings (SSSR count). The maximum absolute atomic E-state index is 12.9. The molecule has 0 heterocycles. The van der Waals surface area contributed by atoms with Gasteiger partial charge in [-0.3, -0.25) is 4.79 Å². The van der Waals surface area contributed by atoms with Gasteiger partial charge in [-0.15, -0.1) is 0 Å². The number of aromatic hydroxyl groups is 1. The fourth-order valence-corrected chi connectivity index (χ4v) is 3.57. The predicted octanol–water partition coefficient (Wildman–Crippen LogP) is 6.07. The second-order valence-corrected chi connectivity index (χ2v) is 8.90. The van der Waals surface area contributed by atoms with Crippen LogP contribution in [0.15, 0.2) is 60.7 Å². The molecule has 3 aromatic carbocycles. The smallest absolute Gasteiger partial charge is 0.257 e. The lowest BCUT2D eigenvalue weighted by Crippen LogP contribution is -2.39. The molecule has 4 heteroatoms. The zero-order chi connectivity index (χ0) is 21.7. The number of para-hydroxylation sites is 1. The topological polar surface area (TPSA) is 58.6 Å². The van der Waals surface area contributed by atoms with Gasteiger partial charge in [-0.05, 0) is 34.9 Å². The van der Waals surface area contributed by atoms with Gasteiger partial charge in [-0.25, -0.2) is 0 Å². The molecule has 0 aliphatic carbocycles. The van der Waals surface area contributed by atoms with Crippen molar-refractivity contribution in [2.24, 2.45) is 5.41 Å². The Labute approximate surface area is 178 Å². The second-order valence-electron chi connectivity index (χ2n) is 8.90. The van der Waals surface area contributed by atoms with Crippen LogP contribution in [0.3, 0.4) is 0 Å². The summed E-state index contributed by atoms with van der Waals surface area (Å²) in [6, 6.07) is 18.9. The van der Waals surface area contributed by atoms with Crippen LogP contribution in [-0.4, -0.2) is 17.2 Å². The molecule has 0 aliphatic heterocycles. The molecule has 0 aromatic heterocycles. The average Bonchev–Trinajstić information content (AvgIpc) is 2.69. The van der Waals surface area contributed by atoms with Gasteiger partial charge in [0.05, 0.1) is 5.56 Å². The van der Waals surface area contributed by atoms with Gasteiger partial charge in [0.25, 0.3) is 5.91 Å². The van der Waals surface area contributed by atoms with E-state index >= 15 is 0 Å². The van der Waals surface area contributed by atoms with Crippen LogP contribution in [0.1, 0.15) is 56.5 Å². The minimum Gasteiger partial charge on any atom is -0.506 e. The van der Waals surface area contributed by atoms with E-state index in [0.29, 0.717) is 11.8 Å². The highest BCUT2D eigenvalue weighted by molar-refractivity contribution is 6.03. The molecule has 0 spiro atoms. The van der Waals surface area contributed by atoms with Gasteiger partial charge in [-0.2, -0.15) is 0 Å². The van der Waals surface area contributed by atoms with E-state index < -0.39 is 6.23 Å². The zero-order valence-corrected chi connectivity index (χ0v) is 18.2. The summed E-state index contributed by atoms with van der Waals surface area (Å²) in [5.41, 5.74) is 1.50. The Morgan fingerprint density at radius 1 is 1.03 bits per heavy atom. The third-order valence-corrected chi connectivity index (χ3v) is 4.95. The number of phenols is 1. The summed E-state index contributed by atoms with van der Waals surface area (Å²) in [5, 5.41) is 15.1. The Bertz CT molecular complexity index is 1020. The van der Waals surface area contributed by atoms with Crippen LogP contribution in [0.2, 0.25) is 0 Å². The van der Waals surface area contributed by atoms with E-state index in [1.54, 1.807) is 6.07 Å². The summed E-state index contributed by atoms with van der Waals surface area (Å²) in [4.78, 5) is 12.9. The van der Waals surface area contributed by atoms with Crippen molar-refractivity contribution in [3.05, 3.63) is 71.8 Å². The van der Waals surface area contributed by atoms with Crippen molar-refractivity contribution in [1.82, 2.24) is 5.32 Å².